The Hall–Kier alpha value is -1.14. The molecule has 1 aliphatic heterocycles. The monoisotopic (exact) mass is 287 g/mol. The number of halogens is 1. The summed E-state index contributed by atoms with van der Waals surface area (Å²) in [5.74, 6) is 0.143. The van der Waals surface area contributed by atoms with E-state index in [1.165, 1.54) is 7.11 Å². The summed E-state index contributed by atoms with van der Waals surface area (Å²) in [5, 5.41) is 0. The van der Waals surface area contributed by atoms with Gasteiger partial charge in [-0.15, -0.1) is 0 Å². The molecule has 0 saturated carbocycles. The number of esters is 1. The van der Waals surface area contributed by atoms with Gasteiger partial charge in [-0.25, -0.2) is 9.78 Å². The molecule has 1 aromatic heterocycles. The molecule has 0 fully saturated rings. The van der Waals surface area contributed by atoms with Gasteiger partial charge in [0.1, 0.15) is 22.0 Å². The van der Waals surface area contributed by atoms with Crippen LogP contribution in [0.2, 0.25) is 0 Å². The molecule has 1 aromatic rings. The molecule has 0 amide bonds. The normalized spacial score (nSPS) is 22.4. The molecule has 6 heteroatoms. The second-order valence-electron chi connectivity index (χ2n) is 3.20. The first-order chi connectivity index (χ1) is 7.67. The van der Waals surface area contributed by atoms with Crippen LogP contribution < -0.4 is 4.74 Å². The lowest BCUT2D eigenvalue weighted by atomic mass is 10.2. The molecule has 0 aliphatic carbocycles. The summed E-state index contributed by atoms with van der Waals surface area (Å²) < 4.78 is 15.2. The zero-order valence-corrected chi connectivity index (χ0v) is 10.4. The summed E-state index contributed by atoms with van der Waals surface area (Å²) in [6.07, 6.45) is -0.421. The third-order valence-electron chi connectivity index (χ3n) is 2.26. The maximum atomic E-state index is 11.3. The van der Waals surface area contributed by atoms with Gasteiger partial charge in [0.15, 0.2) is 0 Å². The van der Waals surface area contributed by atoms with Crippen LogP contribution in [0, 0.1) is 0 Å². The Morgan fingerprint density at radius 2 is 2.25 bits per heavy atom. The van der Waals surface area contributed by atoms with Crippen LogP contribution in [0.1, 0.15) is 21.0 Å². The molecule has 0 saturated heterocycles. The van der Waals surface area contributed by atoms with Crippen molar-refractivity contribution >= 4 is 21.9 Å². The minimum absolute atomic E-state index is 0.183. The van der Waals surface area contributed by atoms with Gasteiger partial charge in [-0.2, -0.15) is 0 Å². The molecule has 0 N–H and O–H groups in total. The number of carbonyl (C=O) groups is 1. The summed E-state index contributed by atoms with van der Waals surface area (Å²) in [6, 6.07) is 3.24. The molecule has 2 atom stereocenters. The third-order valence-corrected chi connectivity index (χ3v) is 3.12. The number of rotatable bonds is 2. The molecule has 0 aromatic carbocycles. The molecule has 1 aliphatic rings. The first-order valence-electron chi connectivity index (χ1n) is 4.60. The largest absolute Gasteiger partial charge is 0.464 e. The Labute approximate surface area is 101 Å². The van der Waals surface area contributed by atoms with Crippen molar-refractivity contribution in [3.05, 3.63) is 23.5 Å². The number of nitrogens with zero attached hydrogens (tertiary/aromatic N) is 1. The number of methoxy groups -OCH3 is 2. The van der Waals surface area contributed by atoms with Gasteiger partial charge in [-0.05, 0) is 12.1 Å². The average Bonchev–Trinajstić information content (AvgIpc) is 2.64. The lowest BCUT2D eigenvalue weighted by Crippen LogP contribution is -2.17. The van der Waals surface area contributed by atoms with Crippen molar-refractivity contribution in [1.29, 1.82) is 0 Å². The van der Waals surface area contributed by atoms with Gasteiger partial charge in [-0.3, -0.25) is 0 Å². The highest BCUT2D eigenvalue weighted by Gasteiger charge is 2.34. The molecule has 2 rings (SSSR count). The van der Waals surface area contributed by atoms with Gasteiger partial charge in [0, 0.05) is 7.11 Å². The second-order valence-corrected chi connectivity index (χ2v) is 4.18. The van der Waals surface area contributed by atoms with Crippen molar-refractivity contribution in [1.82, 2.24) is 4.98 Å². The van der Waals surface area contributed by atoms with E-state index in [1.54, 1.807) is 19.2 Å². The van der Waals surface area contributed by atoms with E-state index in [9.17, 15) is 4.79 Å². The maximum Gasteiger partial charge on any atom is 0.356 e. The van der Waals surface area contributed by atoms with E-state index < -0.39 is 12.3 Å². The fourth-order valence-corrected chi connectivity index (χ4v) is 2.11. The molecule has 0 spiro atoms. The predicted octanol–water partition coefficient (Wildman–Crippen LogP) is 1.67. The van der Waals surface area contributed by atoms with Crippen LogP contribution in [0.15, 0.2) is 12.1 Å². The van der Waals surface area contributed by atoms with Crippen LogP contribution in [-0.4, -0.2) is 31.5 Å². The number of carbonyl (C=O) groups excluding carboxylic acids is 1. The number of ether oxygens (including phenoxy) is 3. The lowest BCUT2D eigenvalue weighted by molar-refractivity contribution is -0.0375. The Bertz CT molecular complexity index is 423. The summed E-state index contributed by atoms with van der Waals surface area (Å²) in [4.78, 5) is 15.3. The minimum atomic E-state index is -0.469. The maximum absolute atomic E-state index is 11.3. The molecule has 0 radical (unpaired) electrons. The fraction of sp³-hybridized carbons (Fsp3) is 0.400. The molecular weight excluding hydrogens is 278 g/mol. The van der Waals surface area contributed by atoms with E-state index in [0.29, 0.717) is 11.4 Å². The Morgan fingerprint density at radius 3 is 2.88 bits per heavy atom. The molecule has 0 unspecified atom stereocenters. The predicted molar refractivity (Wildman–Crippen MR) is 58.7 cm³/mol. The van der Waals surface area contributed by atoms with Crippen LogP contribution in [0.5, 0.6) is 5.75 Å². The first kappa shape index (κ1) is 11.3. The average molecular weight is 288 g/mol. The van der Waals surface area contributed by atoms with Gasteiger partial charge in [-0.1, -0.05) is 15.9 Å². The van der Waals surface area contributed by atoms with Crippen LogP contribution in [0.3, 0.4) is 0 Å². The van der Waals surface area contributed by atoms with E-state index >= 15 is 0 Å². The van der Waals surface area contributed by atoms with E-state index in [0.717, 1.165) is 0 Å². The van der Waals surface area contributed by atoms with Crippen LogP contribution >= 0.6 is 15.9 Å². The number of fused-ring (bicyclic) bond motifs is 1. The standard InChI is InChI=1S/C10H10BrNO4/c1-14-9(13)5-3-4-6-8(12-5)7(11)10(15-2)16-6/h3-4,7,10H,1-2H3/t7-,10-/m1/s1. The quantitative estimate of drug-likeness (QED) is 0.612. The highest BCUT2D eigenvalue weighted by Crippen LogP contribution is 2.40. The van der Waals surface area contributed by atoms with Crippen molar-refractivity contribution in [3.8, 4) is 5.75 Å². The van der Waals surface area contributed by atoms with Crippen molar-refractivity contribution in [2.24, 2.45) is 0 Å². The number of hydrogen-bond donors (Lipinski definition) is 0. The molecule has 0 bridgehead atoms. The smallest absolute Gasteiger partial charge is 0.356 e. The number of aromatic nitrogens is 1. The zero-order valence-electron chi connectivity index (χ0n) is 8.77. The van der Waals surface area contributed by atoms with Crippen molar-refractivity contribution < 1.29 is 19.0 Å². The van der Waals surface area contributed by atoms with Crippen molar-refractivity contribution in [3.63, 3.8) is 0 Å². The summed E-state index contributed by atoms with van der Waals surface area (Å²) >= 11 is 3.40. The van der Waals surface area contributed by atoms with Gasteiger partial charge in [0.2, 0.25) is 6.29 Å². The van der Waals surface area contributed by atoms with Gasteiger partial charge >= 0.3 is 5.97 Å². The van der Waals surface area contributed by atoms with Crippen LogP contribution in [0.4, 0.5) is 0 Å². The minimum Gasteiger partial charge on any atom is -0.464 e. The van der Waals surface area contributed by atoms with Gasteiger partial charge < -0.3 is 14.2 Å². The first-order valence-corrected chi connectivity index (χ1v) is 5.51. The number of pyridine rings is 1. The summed E-state index contributed by atoms with van der Waals surface area (Å²) in [5.41, 5.74) is 0.904. The molecule has 86 valence electrons. The Kier molecular flexibility index (Phi) is 3.11. The van der Waals surface area contributed by atoms with Crippen LogP contribution in [0.25, 0.3) is 0 Å². The van der Waals surface area contributed by atoms with Crippen LogP contribution in [-0.2, 0) is 9.47 Å². The number of hydrogen-bond acceptors (Lipinski definition) is 5. The Morgan fingerprint density at radius 1 is 1.50 bits per heavy atom. The molecular formula is C10H10BrNO4. The Balaban J connectivity index is 2.35. The fourth-order valence-electron chi connectivity index (χ4n) is 1.46. The topological polar surface area (TPSA) is 57.7 Å². The van der Waals surface area contributed by atoms with Crippen molar-refractivity contribution in [2.75, 3.05) is 14.2 Å². The van der Waals surface area contributed by atoms with Crippen molar-refractivity contribution in [2.45, 2.75) is 11.1 Å². The van der Waals surface area contributed by atoms with E-state index in [4.69, 9.17) is 9.47 Å². The van der Waals surface area contributed by atoms with E-state index in [2.05, 4.69) is 25.7 Å². The van der Waals surface area contributed by atoms with Gasteiger partial charge in [0.05, 0.1) is 7.11 Å². The molecule has 16 heavy (non-hydrogen) atoms. The zero-order chi connectivity index (χ0) is 11.7. The number of alkyl halides is 1. The molecule has 2 heterocycles. The van der Waals surface area contributed by atoms with E-state index in [-0.39, 0.29) is 10.5 Å². The SMILES string of the molecule is COC(=O)c1ccc2c(n1)[C@@H](Br)[C@H](OC)O2. The van der Waals surface area contributed by atoms with E-state index in [1.807, 2.05) is 0 Å². The second kappa shape index (κ2) is 4.39. The third kappa shape index (κ3) is 1.78. The van der Waals surface area contributed by atoms with Gasteiger partial charge in [0.25, 0.3) is 0 Å². The highest BCUT2D eigenvalue weighted by molar-refractivity contribution is 9.09. The summed E-state index contributed by atoms with van der Waals surface area (Å²) in [6.45, 7) is 0. The summed E-state index contributed by atoms with van der Waals surface area (Å²) in [7, 11) is 2.86. The lowest BCUT2D eigenvalue weighted by Gasteiger charge is -2.10. The highest BCUT2D eigenvalue weighted by atomic mass is 79.9. The molecule has 5 nitrogen and oxygen atoms in total.